The highest BCUT2D eigenvalue weighted by Crippen LogP contribution is 2.30. The topological polar surface area (TPSA) is 73.0 Å². The molecule has 1 aliphatic rings. The predicted octanol–water partition coefficient (Wildman–Crippen LogP) is 2.62. The van der Waals surface area contributed by atoms with Gasteiger partial charge in [-0.3, -0.25) is 0 Å². The summed E-state index contributed by atoms with van der Waals surface area (Å²) in [6.45, 7) is 2.97. The molecule has 8 heteroatoms. The van der Waals surface area contributed by atoms with Crippen molar-refractivity contribution in [2.24, 2.45) is 7.05 Å². The van der Waals surface area contributed by atoms with Crippen LogP contribution in [0, 0.1) is 6.92 Å². The third-order valence-electron chi connectivity index (χ3n) is 5.34. The fourth-order valence-corrected chi connectivity index (χ4v) is 5.31. The van der Waals surface area contributed by atoms with Gasteiger partial charge in [-0.1, -0.05) is 6.07 Å². The summed E-state index contributed by atoms with van der Waals surface area (Å²) < 4.78 is 31.8. The molecule has 1 aromatic carbocycles. The molecule has 0 atom stereocenters. The molecule has 7 nitrogen and oxygen atoms in total. The van der Waals surface area contributed by atoms with Gasteiger partial charge in [0, 0.05) is 43.6 Å². The maximum Gasteiger partial charge on any atom is 0.243 e. The molecule has 0 N–H and O–H groups in total. The van der Waals surface area contributed by atoms with Crippen LogP contribution in [0.2, 0.25) is 0 Å². The summed E-state index contributed by atoms with van der Waals surface area (Å²) >= 11 is 0. The van der Waals surface area contributed by atoms with E-state index in [2.05, 4.69) is 10.2 Å². The van der Waals surface area contributed by atoms with E-state index >= 15 is 0 Å². The lowest BCUT2D eigenvalue weighted by Gasteiger charge is -2.31. The van der Waals surface area contributed by atoms with Gasteiger partial charge in [-0.2, -0.15) is 4.31 Å². The van der Waals surface area contributed by atoms with Gasteiger partial charge in [-0.05, 0) is 49.6 Å². The molecule has 0 spiro atoms. The van der Waals surface area contributed by atoms with Crippen LogP contribution in [-0.4, -0.2) is 45.1 Å². The van der Waals surface area contributed by atoms with Crippen molar-refractivity contribution in [3.63, 3.8) is 0 Å². The van der Waals surface area contributed by atoms with Crippen molar-refractivity contribution in [3.05, 3.63) is 54.7 Å². The smallest absolute Gasteiger partial charge is 0.243 e. The minimum absolute atomic E-state index is 0.257. The van der Waals surface area contributed by atoms with Crippen LogP contribution in [0.3, 0.4) is 0 Å². The number of benzene rings is 1. The Morgan fingerprint density at radius 3 is 2.37 bits per heavy atom. The standard InChI is InChI=1S/C19H23N5O2S/c1-15-12-17(5-6-18(15)19-4-3-9-22(19)2)27(25,26)24-10-7-16(8-11-24)23-13-20-21-14-23/h3-6,9,12-14,16H,7-8,10-11H2,1-2H3. The minimum Gasteiger partial charge on any atom is -0.351 e. The molecule has 0 saturated carbocycles. The van der Waals surface area contributed by atoms with Crippen molar-refractivity contribution >= 4 is 10.0 Å². The van der Waals surface area contributed by atoms with E-state index in [0.29, 0.717) is 18.0 Å². The summed E-state index contributed by atoms with van der Waals surface area (Å²) in [6.07, 6.45) is 6.90. The first-order chi connectivity index (χ1) is 13.0. The molecule has 27 heavy (non-hydrogen) atoms. The van der Waals surface area contributed by atoms with E-state index in [9.17, 15) is 8.42 Å². The second kappa shape index (κ2) is 6.94. The number of hydrogen-bond acceptors (Lipinski definition) is 4. The highest BCUT2D eigenvalue weighted by atomic mass is 32.2. The van der Waals surface area contributed by atoms with E-state index < -0.39 is 10.0 Å². The van der Waals surface area contributed by atoms with Crippen LogP contribution >= 0.6 is 0 Å². The lowest BCUT2D eigenvalue weighted by molar-refractivity contribution is 0.273. The van der Waals surface area contributed by atoms with E-state index in [1.165, 1.54) is 0 Å². The third kappa shape index (κ3) is 3.30. The van der Waals surface area contributed by atoms with Crippen LogP contribution in [0.4, 0.5) is 0 Å². The van der Waals surface area contributed by atoms with Crippen molar-refractivity contribution in [2.45, 2.75) is 30.7 Å². The van der Waals surface area contributed by atoms with E-state index in [4.69, 9.17) is 0 Å². The molecule has 3 aromatic rings. The van der Waals surface area contributed by atoms with Crippen LogP contribution < -0.4 is 0 Å². The van der Waals surface area contributed by atoms with Gasteiger partial charge in [0.15, 0.2) is 0 Å². The molecule has 0 bridgehead atoms. The molecule has 0 unspecified atom stereocenters. The van der Waals surface area contributed by atoms with Gasteiger partial charge in [0.1, 0.15) is 12.7 Å². The molecule has 2 aromatic heterocycles. The largest absolute Gasteiger partial charge is 0.351 e. The summed E-state index contributed by atoms with van der Waals surface area (Å²) in [6, 6.07) is 9.68. The fourth-order valence-electron chi connectivity index (χ4n) is 3.75. The zero-order valence-corrected chi connectivity index (χ0v) is 16.3. The molecule has 1 fully saturated rings. The molecule has 142 valence electrons. The van der Waals surface area contributed by atoms with E-state index in [1.807, 2.05) is 47.5 Å². The first kappa shape index (κ1) is 17.9. The Morgan fingerprint density at radius 2 is 1.78 bits per heavy atom. The van der Waals surface area contributed by atoms with E-state index in [-0.39, 0.29) is 6.04 Å². The van der Waals surface area contributed by atoms with Gasteiger partial charge in [0.2, 0.25) is 10.0 Å². The number of piperidine rings is 1. The van der Waals surface area contributed by atoms with Crippen molar-refractivity contribution in [1.29, 1.82) is 0 Å². The fraction of sp³-hybridized carbons (Fsp3) is 0.368. The molecule has 1 aliphatic heterocycles. The highest BCUT2D eigenvalue weighted by Gasteiger charge is 2.30. The maximum absolute atomic E-state index is 13.1. The SMILES string of the molecule is Cc1cc(S(=O)(=O)N2CCC(n3cnnc3)CC2)ccc1-c1cccn1C. The van der Waals surface area contributed by atoms with Gasteiger partial charge in [0.05, 0.1) is 4.90 Å². The van der Waals surface area contributed by atoms with Crippen LogP contribution in [0.5, 0.6) is 0 Å². The quantitative estimate of drug-likeness (QED) is 0.692. The molecule has 0 amide bonds. The zero-order chi connectivity index (χ0) is 19.0. The Labute approximate surface area is 159 Å². The summed E-state index contributed by atoms with van der Waals surface area (Å²) in [5, 5.41) is 7.67. The van der Waals surface area contributed by atoms with E-state index in [1.54, 1.807) is 29.1 Å². The lowest BCUT2D eigenvalue weighted by atomic mass is 10.1. The van der Waals surface area contributed by atoms with Crippen molar-refractivity contribution < 1.29 is 8.42 Å². The summed E-state index contributed by atoms with van der Waals surface area (Å²) in [7, 11) is -1.50. The number of nitrogens with zero attached hydrogens (tertiary/aromatic N) is 5. The van der Waals surface area contributed by atoms with Crippen LogP contribution in [0.1, 0.15) is 24.4 Å². The van der Waals surface area contributed by atoms with Gasteiger partial charge in [-0.25, -0.2) is 8.42 Å². The predicted molar refractivity (Wildman–Crippen MR) is 103 cm³/mol. The Hall–Kier alpha value is -2.45. The first-order valence-electron chi connectivity index (χ1n) is 9.03. The number of aromatic nitrogens is 4. The maximum atomic E-state index is 13.1. The zero-order valence-electron chi connectivity index (χ0n) is 15.5. The van der Waals surface area contributed by atoms with Crippen LogP contribution in [0.25, 0.3) is 11.3 Å². The highest BCUT2D eigenvalue weighted by molar-refractivity contribution is 7.89. The second-order valence-corrected chi connectivity index (χ2v) is 8.96. The van der Waals surface area contributed by atoms with Gasteiger partial charge in [0.25, 0.3) is 0 Å². The molecule has 3 heterocycles. The van der Waals surface area contributed by atoms with Crippen molar-refractivity contribution in [2.75, 3.05) is 13.1 Å². The number of rotatable bonds is 4. The monoisotopic (exact) mass is 385 g/mol. The van der Waals surface area contributed by atoms with Crippen molar-refractivity contribution in [3.8, 4) is 11.3 Å². The Bertz CT molecular complexity index is 1030. The third-order valence-corrected chi connectivity index (χ3v) is 7.23. The number of hydrogen-bond donors (Lipinski definition) is 0. The number of aryl methyl sites for hydroxylation is 2. The normalized spacial score (nSPS) is 16.7. The molecular weight excluding hydrogens is 362 g/mol. The van der Waals surface area contributed by atoms with Gasteiger partial charge in [-0.15, -0.1) is 10.2 Å². The van der Waals surface area contributed by atoms with Gasteiger partial charge >= 0.3 is 0 Å². The van der Waals surface area contributed by atoms with Crippen LogP contribution in [0.15, 0.2) is 54.1 Å². The van der Waals surface area contributed by atoms with Crippen LogP contribution in [-0.2, 0) is 17.1 Å². The molecule has 0 radical (unpaired) electrons. The lowest BCUT2D eigenvalue weighted by Crippen LogP contribution is -2.38. The summed E-state index contributed by atoms with van der Waals surface area (Å²) in [5.74, 6) is 0. The minimum atomic E-state index is -3.49. The Morgan fingerprint density at radius 1 is 1.07 bits per heavy atom. The molecular formula is C19H23N5O2S. The summed E-state index contributed by atoms with van der Waals surface area (Å²) in [5.41, 5.74) is 3.08. The molecule has 0 aliphatic carbocycles. The molecule has 1 saturated heterocycles. The van der Waals surface area contributed by atoms with Crippen molar-refractivity contribution in [1.82, 2.24) is 23.6 Å². The number of sulfonamides is 1. The Balaban J connectivity index is 1.54. The first-order valence-corrected chi connectivity index (χ1v) is 10.5. The Kier molecular flexibility index (Phi) is 4.61. The summed E-state index contributed by atoms with van der Waals surface area (Å²) in [4.78, 5) is 0.362. The van der Waals surface area contributed by atoms with E-state index in [0.717, 1.165) is 29.7 Å². The average Bonchev–Trinajstić information content (AvgIpc) is 3.34. The van der Waals surface area contributed by atoms with Gasteiger partial charge < -0.3 is 9.13 Å². The average molecular weight is 385 g/mol. The molecule has 4 rings (SSSR count). The second-order valence-electron chi connectivity index (χ2n) is 7.03.